The highest BCUT2D eigenvalue weighted by atomic mass is 35.5. The maximum absolute atomic E-state index is 6.13. The fraction of sp³-hybridized carbons (Fsp3) is 0.143. The minimum atomic E-state index is 0.460. The molecule has 0 fully saturated rings. The van der Waals surface area contributed by atoms with E-state index in [4.69, 9.17) is 38.4 Å². The first-order valence-corrected chi connectivity index (χ1v) is 6.55. The average molecular weight is 313 g/mol. The highest BCUT2D eigenvalue weighted by molar-refractivity contribution is 6.34. The van der Waals surface area contributed by atoms with Gasteiger partial charge in [-0.3, -0.25) is 0 Å². The first-order valence-electron chi connectivity index (χ1n) is 5.79. The quantitative estimate of drug-likeness (QED) is 0.825. The summed E-state index contributed by atoms with van der Waals surface area (Å²) in [5.74, 6) is 1.10. The number of nitrogens with two attached hydrogens (primary N) is 1. The van der Waals surface area contributed by atoms with Gasteiger partial charge in [0, 0.05) is 6.07 Å². The van der Waals surface area contributed by atoms with E-state index in [0.717, 1.165) is 0 Å². The molecule has 0 saturated carbocycles. The summed E-state index contributed by atoms with van der Waals surface area (Å²) in [6, 6.07) is 8.67. The predicted octanol–water partition coefficient (Wildman–Crippen LogP) is 4.34. The van der Waals surface area contributed by atoms with Gasteiger partial charge >= 0.3 is 0 Å². The third-order valence-electron chi connectivity index (χ3n) is 2.78. The molecule has 0 spiro atoms. The van der Waals surface area contributed by atoms with Crippen LogP contribution in [-0.4, -0.2) is 14.2 Å². The Morgan fingerprint density at radius 2 is 1.70 bits per heavy atom. The summed E-state index contributed by atoms with van der Waals surface area (Å²) in [5, 5.41) is 4.10. The van der Waals surface area contributed by atoms with Crippen LogP contribution < -0.4 is 20.5 Å². The standard InChI is InChI=1S/C14H14Cl2N2O2/c1-19-12-7-13(20-2)11(6-9(12)16)18-14-8(15)4-3-5-10(14)17/h3-7,18H,17H2,1-2H3. The van der Waals surface area contributed by atoms with E-state index >= 15 is 0 Å². The van der Waals surface area contributed by atoms with Crippen LogP contribution in [0.15, 0.2) is 30.3 Å². The Kier molecular flexibility index (Phi) is 4.47. The van der Waals surface area contributed by atoms with Crippen LogP contribution in [0, 0.1) is 0 Å². The summed E-state index contributed by atoms with van der Waals surface area (Å²) in [7, 11) is 3.10. The van der Waals surface area contributed by atoms with Crippen LogP contribution in [0.5, 0.6) is 11.5 Å². The molecule has 0 amide bonds. The molecule has 0 bridgehead atoms. The molecule has 0 aliphatic carbocycles. The lowest BCUT2D eigenvalue weighted by Crippen LogP contribution is -2.00. The molecule has 0 heterocycles. The minimum absolute atomic E-state index is 0.460. The van der Waals surface area contributed by atoms with Crippen LogP contribution in [-0.2, 0) is 0 Å². The Morgan fingerprint density at radius 3 is 2.30 bits per heavy atom. The zero-order valence-corrected chi connectivity index (χ0v) is 12.5. The minimum Gasteiger partial charge on any atom is -0.495 e. The van der Waals surface area contributed by atoms with Crippen molar-refractivity contribution >= 4 is 40.3 Å². The van der Waals surface area contributed by atoms with Gasteiger partial charge in [-0.15, -0.1) is 0 Å². The van der Waals surface area contributed by atoms with E-state index in [9.17, 15) is 0 Å². The van der Waals surface area contributed by atoms with Gasteiger partial charge in [0.1, 0.15) is 11.5 Å². The number of benzene rings is 2. The van der Waals surface area contributed by atoms with E-state index in [1.165, 1.54) is 0 Å². The van der Waals surface area contributed by atoms with Crippen LogP contribution in [0.2, 0.25) is 10.0 Å². The van der Waals surface area contributed by atoms with Crippen molar-refractivity contribution in [2.45, 2.75) is 0 Å². The van der Waals surface area contributed by atoms with E-state index in [-0.39, 0.29) is 0 Å². The number of ether oxygens (including phenoxy) is 2. The topological polar surface area (TPSA) is 56.5 Å². The van der Waals surface area contributed by atoms with Crippen molar-refractivity contribution in [3.63, 3.8) is 0 Å². The molecular formula is C14H14Cl2N2O2. The molecule has 6 heteroatoms. The highest BCUT2D eigenvalue weighted by Gasteiger charge is 2.12. The third kappa shape index (κ3) is 2.86. The Bertz CT molecular complexity index is 613. The Balaban J connectivity index is 2.45. The number of halogens is 2. The van der Waals surface area contributed by atoms with Gasteiger partial charge in [0.05, 0.1) is 41.3 Å². The first-order chi connectivity index (χ1) is 9.56. The van der Waals surface area contributed by atoms with Crippen LogP contribution in [0.25, 0.3) is 0 Å². The molecular weight excluding hydrogens is 299 g/mol. The number of hydrogen-bond acceptors (Lipinski definition) is 4. The number of rotatable bonds is 4. The Labute approximate surface area is 127 Å². The predicted molar refractivity (Wildman–Crippen MR) is 83.7 cm³/mol. The molecule has 2 aromatic carbocycles. The van der Waals surface area contributed by atoms with Crippen molar-refractivity contribution in [3.8, 4) is 11.5 Å². The van der Waals surface area contributed by atoms with Crippen molar-refractivity contribution < 1.29 is 9.47 Å². The lowest BCUT2D eigenvalue weighted by Gasteiger charge is -2.16. The first kappa shape index (κ1) is 14.6. The van der Waals surface area contributed by atoms with Gasteiger partial charge in [-0.05, 0) is 18.2 Å². The smallest absolute Gasteiger partial charge is 0.146 e. The highest BCUT2D eigenvalue weighted by Crippen LogP contribution is 2.39. The molecule has 0 unspecified atom stereocenters. The number of nitrogen functional groups attached to an aromatic ring is 1. The molecule has 0 aromatic heterocycles. The van der Waals surface area contributed by atoms with E-state index in [1.807, 2.05) is 0 Å². The summed E-state index contributed by atoms with van der Waals surface area (Å²) in [6.07, 6.45) is 0. The summed E-state index contributed by atoms with van der Waals surface area (Å²) in [4.78, 5) is 0. The van der Waals surface area contributed by atoms with Gasteiger partial charge in [0.2, 0.25) is 0 Å². The fourth-order valence-corrected chi connectivity index (χ4v) is 2.24. The molecule has 0 radical (unpaired) electrons. The molecule has 106 valence electrons. The number of hydrogen-bond donors (Lipinski definition) is 2. The van der Waals surface area contributed by atoms with Crippen molar-refractivity contribution in [2.24, 2.45) is 0 Å². The number of methoxy groups -OCH3 is 2. The van der Waals surface area contributed by atoms with E-state index in [2.05, 4.69) is 5.32 Å². The van der Waals surface area contributed by atoms with Crippen molar-refractivity contribution in [1.29, 1.82) is 0 Å². The van der Waals surface area contributed by atoms with Crippen LogP contribution in [0.3, 0.4) is 0 Å². The monoisotopic (exact) mass is 312 g/mol. The Hall–Kier alpha value is -1.78. The second kappa shape index (κ2) is 6.11. The normalized spacial score (nSPS) is 10.2. The van der Waals surface area contributed by atoms with Crippen LogP contribution in [0.1, 0.15) is 0 Å². The molecule has 2 rings (SSSR count). The number of nitrogens with one attached hydrogen (secondary N) is 1. The molecule has 0 saturated heterocycles. The van der Waals surface area contributed by atoms with Crippen LogP contribution in [0.4, 0.5) is 17.1 Å². The van der Waals surface area contributed by atoms with Gasteiger partial charge in [-0.2, -0.15) is 0 Å². The molecule has 3 N–H and O–H groups in total. The number of para-hydroxylation sites is 1. The average Bonchev–Trinajstić information content (AvgIpc) is 2.43. The number of anilines is 3. The van der Waals surface area contributed by atoms with Gasteiger partial charge < -0.3 is 20.5 Å². The fourth-order valence-electron chi connectivity index (χ4n) is 1.77. The van der Waals surface area contributed by atoms with Crippen LogP contribution >= 0.6 is 23.2 Å². The molecule has 0 aliphatic rings. The zero-order chi connectivity index (χ0) is 14.7. The molecule has 20 heavy (non-hydrogen) atoms. The van der Waals surface area contributed by atoms with Gasteiger partial charge in [0.25, 0.3) is 0 Å². The lowest BCUT2D eigenvalue weighted by atomic mass is 10.2. The van der Waals surface area contributed by atoms with E-state index < -0.39 is 0 Å². The zero-order valence-electron chi connectivity index (χ0n) is 11.0. The van der Waals surface area contributed by atoms with Gasteiger partial charge in [0.15, 0.2) is 0 Å². The molecule has 0 atom stereocenters. The Morgan fingerprint density at radius 1 is 1.00 bits per heavy atom. The van der Waals surface area contributed by atoms with Gasteiger partial charge in [-0.25, -0.2) is 0 Å². The maximum Gasteiger partial charge on any atom is 0.146 e. The van der Waals surface area contributed by atoms with Crippen molar-refractivity contribution in [3.05, 3.63) is 40.4 Å². The molecule has 0 aliphatic heterocycles. The lowest BCUT2D eigenvalue weighted by molar-refractivity contribution is 0.396. The third-order valence-corrected chi connectivity index (χ3v) is 3.39. The van der Waals surface area contributed by atoms with Crippen molar-refractivity contribution in [1.82, 2.24) is 0 Å². The summed E-state index contributed by atoms with van der Waals surface area (Å²) in [6.45, 7) is 0. The molecule has 2 aromatic rings. The van der Waals surface area contributed by atoms with Gasteiger partial charge in [-0.1, -0.05) is 29.3 Å². The summed E-state index contributed by atoms with van der Waals surface area (Å²) < 4.78 is 10.5. The second-order valence-electron chi connectivity index (χ2n) is 4.02. The SMILES string of the molecule is COc1cc(OC)c(Nc2c(N)cccc2Cl)cc1Cl. The van der Waals surface area contributed by atoms with Crippen molar-refractivity contribution in [2.75, 3.05) is 25.3 Å². The van der Waals surface area contributed by atoms with E-state index in [0.29, 0.717) is 38.6 Å². The van der Waals surface area contributed by atoms with E-state index in [1.54, 1.807) is 44.6 Å². The maximum atomic E-state index is 6.13. The largest absolute Gasteiger partial charge is 0.495 e. The second-order valence-corrected chi connectivity index (χ2v) is 4.83. The summed E-state index contributed by atoms with van der Waals surface area (Å²) in [5.41, 5.74) is 7.70. The molecule has 4 nitrogen and oxygen atoms in total. The summed E-state index contributed by atoms with van der Waals surface area (Å²) >= 11 is 12.3.